The third-order valence-electron chi connectivity index (χ3n) is 6.32. The fourth-order valence-corrected chi connectivity index (χ4v) is 5.67. The summed E-state index contributed by atoms with van der Waals surface area (Å²) in [6.45, 7) is 10.9. The van der Waals surface area contributed by atoms with Crippen LogP contribution in [0.5, 0.6) is 0 Å². The summed E-state index contributed by atoms with van der Waals surface area (Å²) in [5.74, 6) is 0.785. The van der Waals surface area contributed by atoms with E-state index in [-0.39, 0.29) is 29.2 Å². The first-order valence-corrected chi connectivity index (χ1v) is 13.5. The minimum Gasteiger partial charge on any atom is -0.297 e. The molecule has 0 radical (unpaired) electrons. The minimum atomic E-state index is -3.56. The number of benzene rings is 2. The predicted molar refractivity (Wildman–Crippen MR) is 139 cm³/mol. The van der Waals surface area contributed by atoms with E-state index >= 15 is 0 Å². The zero-order valence-corrected chi connectivity index (χ0v) is 22.2. The molecule has 4 rings (SSSR count). The van der Waals surface area contributed by atoms with Crippen LogP contribution in [0.25, 0.3) is 0 Å². The molecule has 1 saturated heterocycles. The Morgan fingerprint density at radius 1 is 0.943 bits per heavy atom. The number of aryl methyl sites for hydroxylation is 1. The molecule has 0 spiro atoms. The van der Waals surface area contributed by atoms with Gasteiger partial charge in [0.2, 0.25) is 0 Å². The van der Waals surface area contributed by atoms with Crippen molar-refractivity contribution < 1.29 is 8.42 Å². The van der Waals surface area contributed by atoms with E-state index in [9.17, 15) is 8.42 Å². The Bertz CT molecular complexity index is 1160. The Kier molecular flexibility index (Phi) is 9.40. The van der Waals surface area contributed by atoms with Crippen molar-refractivity contribution in [2.24, 2.45) is 5.92 Å². The van der Waals surface area contributed by atoms with Crippen LogP contribution in [0.2, 0.25) is 0 Å². The number of hydrogen-bond acceptors (Lipinski definition) is 7. The lowest BCUT2D eigenvalue weighted by atomic mass is 10.0. The van der Waals surface area contributed by atoms with E-state index in [1.54, 1.807) is 12.1 Å². The molecular weight excluding hydrogens is 484 g/mol. The van der Waals surface area contributed by atoms with Crippen molar-refractivity contribution in [3.8, 4) is 0 Å². The number of nitrogens with zero attached hydrogens (tertiary/aromatic N) is 6. The van der Waals surface area contributed by atoms with Crippen LogP contribution in [0.15, 0.2) is 59.5 Å². The number of halogens is 1. The number of sulfone groups is 1. The fraction of sp³-hybridized carbons (Fsp3) is 0.480. The SMILES string of the molecule is Cc1ccc(S(=O)(=O)Cn2nnnc2C(CC(C)C)N2CCN(Cc3ccccc3)CC2)cc1.Cl. The average Bonchev–Trinajstić information content (AvgIpc) is 3.26. The lowest BCUT2D eigenvalue weighted by Crippen LogP contribution is -2.48. The third-order valence-corrected chi connectivity index (χ3v) is 7.90. The molecule has 8 nitrogen and oxygen atoms in total. The van der Waals surface area contributed by atoms with Crippen LogP contribution in [-0.2, 0) is 22.3 Å². The molecule has 35 heavy (non-hydrogen) atoms. The van der Waals surface area contributed by atoms with E-state index in [4.69, 9.17) is 0 Å². The Labute approximate surface area is 214 Å². The molecule has 1 aliphatic rings. The van der Waals surface area contributed by atoms with Crippen molar-refractivity contribution in [1.82, 2.24) is 30.0 Å². The van der Waals surface area contributed by atoms with Crippen LogP contribution in [0.3, 0.4) is 0 Å². The van der Waals surface area contributed by atoms with Gasteiger partial charge in [0, 0.05) is 32.7 Å². The van der Waals surface area contributed by atoms with Gasteiger partial charge in [-0.15, -0.1) is 17.5 Å². The average molecular weight is 519 g/mol. The Morgan fingerprint density at radius 3 is 2.23 bits per heavy atom. The monoisotopic (exact) mass is 518 g/mol. The van der Waals surface area contributed by atoms with Gasteiger partial charge in [-0.2, -0.15) is 0 Å². The Morgan fingerprint density at radius 2 is 1.60 bits per heavy atom. The lowest BCUT2D eigenvalue weighted by Gasteiger charge is -2.39. The topological polar surface area (TPSA) is 84.2 Å². The second-order valence-electron chi connectivity index (χ2n) is 9.54. The highest BCUT2D eigenvalue weighted by atomic mass is 35.5. The van der Waals surface area contributed by atoms with Crippen LogP contribution < -0.4 is 0 Å². The summed E-state index contributed by atoms with van der Waals surface area (Å²) < 4.78 is 27.6. The summed E-state index contributed by atoms with van der Waals surface area (Å²) in [5, 5.41) is 12.3. The van der Waals surface area contributed by atoms with Crippen LogP contribution in [0.1, 0.15) is 43.3 Å². The Balaban J connectivity index is 0.00000342. The molecule has 2 aromatic carbocycles. The molecule has 0 saturated carbocycles. The zero-order valence-electron chi connectivity index (χ0n) is 20.6. The highest BCUT2D eigenvalue weighted by molar-refractivity contribution is 7.90. The number of aromatic nitrogens is 4. The summed E-state index contributed by atoms with van der Waals surface area (Å²) in [6, 6.07) is 17.4. The van der Waals surface area contributed by atoms with Crippen LogP contribution in [-0.4, -0.2) is 64.6 Å². The summed E-state index contributed by atoms with van der Waals surface area (Å²) >= 11 is 0. The quantitative estimate of drug-likeness (QED) is 0.426. The van der Waals surface area contributed by atoms with Crippen molar-refractivity contribution in [1.29, 1.82) is 0 Å². The molecular formula is C25H35ClN6O2S. The largest absolute Gasteiger partial charge is 0.297 e. The Hall–Kier alpha value is -2.33. The molecule has 3 aromatic rings. The van der Waals surface area contributed by atoms with E-state index in [0.29, 0.717) is 11.7 Å². The molecule has 0 N–H and O–H groups in total. The molecule has 1 aromatic heterocycles. The van der Waals surface area contributed by atoms with E-state index in [0.717, 1.165) is 44.7 Å². The van der Waals surface area contributed by atoms with Gasteiger partial charge in [0.05, 0.1) is 10.9 Å². The molecule has 0 amide bonds. The highest BCUT2D eigenvalue weighted by Gasteiger charge is 2.31. The standard InChI is InChI=1S/C25H34N6O2S.ClH/c1-20(2)17-24(30-15-13-29(14-16-30)18-22-7-5-4-6-8-22)25-26-27-28-31(25)19-34(32,33)23-11-9-21(3)10-12-23;/h4-12,20,24H,13-19H2,1-3H3;1H. The van der Waals surface area contributed by atoms with Crippen LogP contribution in [0, 0.1) is 12.8 Å². The zero-order chi connectivity index (χ0) is 24.1. The van der Waals surface area contributed by atoms with Gasteiger partial charge in [-0.05, 0) is 47.4 Å². The number of hydrogen-bond donors (Lipinski definition) is 0. The van der Waals surface area contributed by atoms with Gasteiger partial charge >= 0.3 is 0 Å². The fourth-order valence-electron chi connectivity index (χ4n) is 4.46. The molecule has 1 aliphatic heterocycles. The second kappa shape index (κ2) is 12.1. The van der Waals surface area contributed by atoms with Gasteiger partial charge in [0.15, 0.2) is 21.5 Å². The lowest BCUT2D eigenvalue weighted by molar-refractivity contribution is 0.0772. The van der Waals surface area contributed by atoms with Crippen molar-refractivity contribution in [3.63, 3.8) is 0 Å². The first-order valence-electron chi connectivity index (χ1n) is 11.9. The van der Waals surface area contributed by atoms with Crippen molar-refractivity contribution in [2.45, 2.75) is 50.6 Å². The maximum Gasteiger partial charge on any atom is 0.198 e. The van der Waals surface area contributed by atoms with Gasteiger partial charge in [-0.25, -0.2) is 13.1 Å². The van der Waals surface area contributed by atoms with Crippen LogP contribution >= 0.6 is 12.4 Å². The maximum atomic E-state index is 13.1. The van der Waals surface area contributed by atoms with Gasteiger partial charge in [0.25, 0.3) is 0 Å². The minimum absolute atomic E-state index is 0. The van der Waals surface area contributed by atoms with Crippen molar-refractivity contribution >= 4 is 22.2 Å². The molecule has 1 atom stereocenters. The maximum absolute atomic E-state index is 13.1. The van der Waals surface area contributed by atoms with E-state index in [2.05, 4.69) is 63.4 Å². The first-order chi connectivity index (χ1) is 16.3. The van der Waals surface area contributed by atoms with Crippen molar-refractivity contribution in [3.05, 3.63) is 71.5 Å². The summed E-state index contributed by atoms with van der Waals surface area (Å²) in [5.41, 5.74) is 2.34. The van der Waals surface area contributed by atoms with Crippen LogP contribution in [0.4, 0.5) is 0 Å². The number of piperazine rings is 1. The second-order valence-corrected chi connectivity index (χ2v) is 11.5. The van der Waals surface area contributed by atoms with Crippen molar-refractivity contribution in [2.75, 3.05) is 26.2 Å². The smallest absolute Gasteiger partial charge is 0.198 e. The highest BCUT2D eigenvalue weighted by Crippen LogP contribution is 2.28. The molecule has 10 heteroatoms. The number of tetrazole rings is 1. The molecule has 190 valence electrons. The van der Waals surface area contributed by atoms with Gasteiger partial charge < -0.3 is 0 Å². The van der Waals surface area contributed by atoms with E-state index in [1.165, 1.54) is 10.2 Å². The molecule has 0 aliphatic carbocycles. The number of rotatable bonds is 9. The molecule has 2 heterocycles. The molecule has 0 bridgehead atoms. The van der Waals surface area contributed by atoms with E-state index < -0.39 is 9.84 Å². The van der Waals surface area contributed by atoms with Gasteiger partial charge in [-0.1, -0.05) is 61.9 Å². The normalized spacial score (nSPS) is 16.2. The summed E-state index contributed by atoms with van der Waals surface area (Å²) in [7, 11) is -3.56. The molecule has 1 fully saturated rings. The summed E-state index contributed by atoms with van der Waals surface area (Å²) in [4.78, 5) is 5.15. The van der Waals surface area contributed by atoms with Gasteiger partial charge in [0.1, 0.15) is 0 Å². The predicted octanol–water partition coefficient (Wildman–Crippen LogP) is 3.74. The van der Waals surface area contributed by atoms with Gasteiger partial charge in [-0.3, -0.25) is 9.80 Å². The summed E-state index contributed by atoms with van der Waals surface area (Å²) in [6.07, 6.45) is 0.865. The van der Waals surface area contributed by atoms with E-state index in [1.807, 2.05) is 25.1 Å². The first kappa shape index (κ1) is 27.3. The molecule has 1 unspecified atom stereocenters. The third kappa shape index (κ3) is 7.10.